The van der Waals surface area contributed by atoms with Gasteiger partial charge in [0, 0.05) is 44.1 Å². The topological polar surface area (TPSA) is 50.8 Å². The summed E-state index contributed by atoms with van der Waals surface area (Å²) in [6.07, 6.45) is 8.66. The third kappa shape index (κ3) is 4.11. The lowest BCUT2D eigenvalue weighted by atomic mass is 10.0. The number of benzene rings is 1. The van der Waals surface area contributed by atoms with Crippen molar-refractivity contribution in [2.45, 2.75) is 69.3 Å². The third-order valence-electron chi connectivity index (χ3n) is 5.90. The van der Waals surface area contributed by atoms with E-state index >= 15 is 0 Å². The van der Waals surface area contributed by atoms with Crippen LogP contribution in [0.5, 0.6) is 0 Å². The summed E-state index contributed by atoms with van der Waals surface area (Å²) < 4.78 is 12.4. The molecule has 2 aliphatic heterocycles. The van der Waals surface area contributed by atoms with Gasteiger partial charge in [-0.25, -0.2) is 0 Å². The van der Waals surface area contributed by atoms with E-state index in [2.05, 4.69) is 5.32 Å². The average Bonchev–Trinajstić information content (AvgIpc) is 2.92. The van der Waals surface area contributed by atoms with Gasteiger partial charge in [-0.05, 0) is 31.4 Å². The number of nitrogens with one attached hydrogen (secondary N) is 1. The van der Waals surface area contributed by atoms with Crippen molar-refractivity contribution in [3.05, 3.63) is 30.3 Å². The van der Waals surface area contributed by atoms with Gasteiger partial charge in [0.15, 0.2) is 5.79 Å². The summed E-state index contributed by atoms with van der Waals surface area (Å²) in [5, 5.41) is 3.55. The van der Waals surface area contributed by atoms with Crippen LogP contribution in [0.25, 0.3) is 0 Å². The smallest absolute Gasteiger partial charge is 0.228 e. The molecular weight excluding hydrogens is 328 g/mol. The van der Waals surface area contributed by atoms with Gasteiger partial charge in [-0.2, -0.15) is 0 Å². The molecule has 1 aliphatic carbocycles. The number of rotatable bonds is 4. The zero-order valence-electron chi connectivity index (χ0n) is 15.5. The second-order valence-corrected chi connectivity index (χ2v) is 7.85. The van der Waals surface area contributed by atoms with E-state index in [9.17, 15) is 4.79 Å². The number of ether oxygens (including phenoxy) is 2. The van der Waals surface area contributed by atoms with Gasteiger partial charge in [0.05, 0.1) is 12.7 Å². The Morgan fingerprint density at radius 3 is 2.62 bits per heavy atom. The molecule has 5 nitrogen and oxygen atoms in total. The molecule has 142 valence electrons. The normalized spacial score (nSPS) is 29.1. The fraction of sp³-hybridized carbons (Fsp3) is 0.667. The van der Waals surface area contributed by atoms with E-state index in [-0.39, 0.29) is 23.8 Å². The Kier molecular flexibility index (Phi) is 5.57. The number of nitrogens with zero attached hydrogens (tertiary/aromatic N) is 1. The highest BCUT2D eigenvalue weighted by molar-refractivity contribution is 5.94. The minimum absolute atomic E-state index is 0.107. The average molecular weight is 358 g/mol. The van der Waals surface area contributed by atoms with Crippen LogP contribution in [0.15, 0.2) is 30.3 Å². The zero-order chi connectivity index (χ0) is 17.8. The van der Waals surface area contributed by atoms with E-state index < -0.39 is 0 Å². The van der Waals surface area contributed by atoms with Crippen molar-refractivity contribution < 1.29 is 14.3 Å². The van der Waals surface area contributed by atoms with Gasteiger partial charge in [0.1, 0.15) is 0 Å². The summed E-state index contributed by atoms with van der Waals surface area (Å²) in [6.45, 7) is 2.21. The first-order valence-electron chi connectivity index (χ1n) is 10.1. The van der Waals surface area contributed by atoms with E-state index in [1.807, 2.05) is 35.2 Å². The van der Waals surface area contributed by atoms with Crippen LogP contribution < -0.4 is 10.2 Å². The molecule has 5 heteroatoms. The van der Waals surface area contributed by atoms with Crippen molar-refractivity contribution in [2.75, 3.05) is 24.6 Å². The van der Waals surface area contributed by atoms with E-state index in [4.69, 9.17) is 9.47 Å². The highest BCUT2D eigenvalue weighted by Crippen LogP contribution is 2.36. The van der Waals surface area contributed by atoms with Gasteiger partial charge in [-0.3, -0.25) is 4.79 Å². The maximum absolute atomic E-state index is 12.5. The molecule has 0 bridgehead atoms. The van der Waals surface area contributed by atoms with Crippen LogP contribution in [0, 0.1) is 0 Å². The first-order valence-corrected chi connectivity index (χ1v) is 10.1. The van der Waals surface area contributed by atoms with Crippen molar-refractivity contribution in [3.8, 4) is 0 Å². The molecule has 3 aliphatic rings. The van der Waals surface area contributed by atoms with E-state index in [1.54, 1.807) is 0 Å². The minimum Gasteiger partial charge on any atom is -0.347 e. The second kappa shape index (κ2) is 8.07. The molecule has 2 heterocycles. The molecule has 1 spiro atoms. The molecule has 1 amide bonds. The van der Waals surface area contributed by atoms with Crippen molar-refractivity contribution in [2.24, 2.45) is 0 Å². The fourth-order valence-electron chi connectivity index (χ4n) is 4.43. The predicted octanol–water partition coefficient (Wildman–Crippen LogP) is 3.24. The van der Waals surface area contributed by atoms with Crippen LogP contribution in [0.1, 0.15) is 51.4 Å². The maximum atomic E-state index is 12.5. The summed E-state index contributed by atoms with van der Waals surface area (Å²) in [5.41, 5.74) is 0.999. The molecule has 0 radical (unpaired) electrons. The van der Waals surface area contributed by atoms with Crippen molar-refractivity contribution >= 4 is 11.6 Å². The standard InChI is InChI=1S/C21H30N2O3/c24-20-14-17(10-13-23(20)18-8-4-3-5-9-18)22-15-19-16-25-21(26-19)11-6-1-2-7-12-21/h3-5,8-9,17,19,22H,1-2,6-7,10-16H2/t17-,19+/m1/s1. The number of para-hydroxylation sites is 1. The molecular formula is C21H30N2O3. The first kappa shape index (κ1) is 18.0. The number of piperidine rings is 1. The second-order valence-electron chi connectivity index (χ2n) is 7.85. The number of hydrogen-bond acceptors (Lipinski definition) is 4. The van der Waals surface area contributed by atoms with Crippen molar-refractivity contribution in [1.29, 1.82) is 0 Å². The van der Waals surface area contributed by atoms with Gasteiger partial charge < -0.3 is 19.7 Å². The molecule has 2 saturated heterocycles. The number of carbonyl (C=O) groups excluding carboxylic acids is 1. The number of anilines is 1. The Labute approximate surface area is 156 Å². The Morgan fingerprint density at radius 1 is 1.12 bits per heavy atom. The number of amides is 1. The summed E-state index contributed by atoms with van der Waals surface area (Å²) >= 11 is 0. The maximum Gasteiger partial charge on any atom is 0.228 e. The van der Waals surface area contributed by atoms with Gasteiger partial charge in [-0.15, -0.1) is 0 Å². The monoisotopic (exact) mass is 358 g/mol. The largest absolute Gasteiger partial charge is 0.347 e. The molecule has 1 saturated carbocycles. The fourth-order valence-corrected chi connectivity index (χ4v) is 4.43. The minimum atomic E-state index is -0.324. The van der Waals surface area contributed by atoms with E-state index in [1.165, 1.54) is 25.7 Å². The van der Waals surface area contributed by atoms with Gasteiger partial charge in [0.25, 0.3) is 0 Å². The molecule has 1 N–H and O–H groups in total. The molecule has 1 aromatic rings. The molecule has 26 heavy (non-hydrogen) atoms. The van der Waals surface area contributed by atoms with Crippen LogP contribution in [-0.4, -0.2) is 43.5 Å². The van der Waals surface area contributed by atoms with Crippen LogP contribution in [0.2, 0.25) is 0 Å². The lowest BCUT2D eigenvalue weighted by Gasteiger charge is -2.33. The zero-order valence-corrected chi connectivity index (χ0v) is 15.5. The molecule has 4 rings (SSSR count). The van der Waals surface area contributed by atoms with E-state index in [0.717, 1.165) is 38.0 Å². The van der Waals surface area contributed by atoms with E-state index in [0.29, 0.717) is 13.0 Å². The SMILES string of the molecule is O=C1C[C@H](NC[C@H]2COC3(CCCCCC3)O2)CCN1c1ccccc1. The summed E-state index contributed by atoms with van der Waals surface area (Å²) in [6, 6.07) is 10.2. The van der Waals surface area contributed by atoms with Crippen LogP contribution in [0.4, 0.5) is 5.69 Å². The molecule has 3 fully saturated rings. The van der Waals surface area contributed by atoms with Crippen molar-refractivity contribution in [3.63, 3.8) is 0 Å². The Morgan fingerprint density at radius 2 is 1.88 bits per heavy atom. The van der Waals surface area contributed by atoms with Gasteiger partial charge in [0.2, 0.25) is 5.91 Å². The quantitative estimate of drug-likeness (QED) is 0.898. The molecule has 0 unspecified atom stereocenters. The summed E-state index contributed by atoms with van der Waals surface area (Å²) in [5.74, 6) is -0.126. The lowest BCUT2D eigenvalue weighted by molar-refractivity contribution is -0.175. The predicted molar refractivity (Wildman–Crippen MR) is 101 cm³/mol. The van der Waals surface area contributed by atoms with Crippen LogP contribution in [-0.2, 0) is 14.3 Å². The lowest BCUT2D eigenvalue weighted by Crippen LogP contribution is -2.48. The van der Waals surface area contributed by atoms with Crippen LogP contribution in [0.3, 0.4) is 0 Å². The number of carbonyl (C=O) groups is 1. The first-order chi connectivity index (χ1) is 12.7. The van der Waals surface area contributed by atoms with Gasteiger partial charge in [-0.1, -0.05) is 31.0 Å². The summed E-state index contributed by atoms with van der Waals surface area (Å²) in [7, 11) is 0. The Hall–Kier alpha value is -1.43. The Bertz CT molecular complexity index is 599. The highest BCUT2D eigenvalue weighted by atomic mass is 16.7. The van der Waals surface area contributed by atoms with Crippen molar-refractivity contribution in [1.82, 2.24) is 5.32 Å². The Balaban J connectivity index is 1.24. The number of hydrogen-bond donors (Lipinski definition) is 1. The third-order valence-corrected chi connectivity index (χ3v) is 5.90. The van der Waals surface area contributed by atoms with Crippen LogP contribution >= 0.6 is 0 Å². The van der Waals surface area contributed by atoms with Gasteiger partial charge >= 0.3 is 0 Å². The molecule has 0 aromatic heterocycles. The molecule has 1 aromatic carbocycles. The summed E-state index contributed by atoms with van der Waals surface area (Å²) in [4.78, 5) is 14.4. The molecule has 2 atom stereocenters. The highest BCUT2D eigenvalue weighted by Gasteiger charge is 2.41.